The molecule has 3 aromatic rings. The van der Waals surface area contributed by atoms with Gasteiger partial charge < -0.3 is 15.4 Å². The van der Waals surface area contributed by atoms with E-state index >= 15 is 0 Å². The Balaban J connectivity index is 1.49. The number of nitrogens with zero attached hydrogens (tertiary/aromatic N) is 1. The standard InChI is InChI=1S/C28H30N4O4S/c1-2-37(34,35)31-23-12-13-25-24(18-23)26(28(33)30-25)27(21-6-4-3-5-7-21)29-22-10-8-20(9-11-22)19-32-14-16-36-17-15-32/h3-13,18,29,31H,2,14-17,19H2,1H3,(H,30,33)/b27-26+. The summed E-state index contributed by atoms with van der Waals surface area (Å²) in [5.41, 5.74) is 5.68. The Labute approximate surface area is 217 Å². The predicted octanol–water partition coefficient (Wildman–Crippen LogP) is 4.21. The number of sulfonamides is 1. The molecule has 3 aromatic carbocycles. The second kappa shape index (κ2) is 10.8. The average molecular weight is 519 g/mol. The van der Waals surface area contributed by atoms with Crippen LogP contribution in [0.1, 0.15) is 23.6 Å². The highest BCUT2D eigenvalue weighted by Gasteiger charge is 2.29. The molecule has 5 rings (SSSR count). The van der Waals surface area contributed by atoms with Gasteiger partial charge in [-0.05, 0) is 48.4 Å². The number of hydrogen-bond donors (Lipinski definition) is 3. The van der Waals surface area contributed by atoms with Gasteiger partial charge in [-0.15, -0.1) is 0 Å². The molecule has 1 fully saturated rings. The van der Waals surface area contributed by atoms with Gasteiger partial charge in [0.2, 0.25) is 10.0 Å². The third-order valence-corrected chi connectivity index (χ3v) is 7.77. The molecular weight excluding hydrogens is 488 g/mol. The highest BCUT2D eigenvalue weighted by atomic mass is 32.2. The topological polar surface area (TPSA) is 99.8 Å². The molecule has 3 N–H and O–H groups in total. The van der Waals surface area contributed by atoms with Crippen LogP contribution in [0.3, 0.4) is 0 Å². The highest BCUT2D eigenvalue weighted by Crippen LogP contribution is 2.39. The van der Waals surface area contributed by atoms with Crippen molar-refractivity contribution in [3.8, 4) is 0 Å². The van der Waals surface area contributed by atoms with Crippen LogP contribution in [-0.4, -0.2) is 51.3 Å². The Bertz CT molecular complexity index is 1410. The molecule has 0 unspecified atom stereocenters. The number of fused-ring (bicyclic) bond motifs is 1. The molecular formula is C28H30N4O4S. The van der Waals surface area contributed by atoms with Crippen molar-refractivity contribution in [2.45, 2.75) is 13.5 Å². The lowest BCUT2D eigenvalue weighted by Crippen LogP contribution is -2.35. The molecule has 8 nitrogen and oxygen atoms in total. The van der Waals surface area contributed by atoms with Gasteiger partial charge in [-0.25, -0.2) is 8.42 Å². The van der Waals surface area contributed by atoms with Crippen LogP contribution >= 0.6 is 0 Å². The molecule has 0 spiro atoms. The van der Waals surface area contributed by atoms with Gasteiger partial charge in [0.05, 0.1) is 30.2 Å². The lowest BCUT2D eigenvalue weighted by Gasteiger charge is -2.26. The molecule has 0 aliphatic carbocycles. The van der Waals surface area contributed by atoms with Crippen molar-refractivity contribution < 1.29 is 17.9 Å². The zero-order valence-corrected chi connectivity index (χ0v) is 21.5. The summed E-state index contributed by atoms with van der Waals surface area (Å²) in [5.74, 6) is -0.289. The number of morpholine rings is 1. The Morgan fingerprint density at radius 3 is 2.38 bits per heavy atom. The number of benzene rings is 3. The molecule has 1 saturated heterocycles. The molecule has 37 heavy (non-hydrogen) atoms. The van der Waals surface area contributed by atoms with Gasteiger partial charge in [-0.1, -0.05) is 42.5 Å². The first-order valence-corrected chi connectivity index (χ1v) is 14.0. The van der Waals surface area contributed by atoms with Crippen molar-refractivity contribution in [1.82, 2.24) is 4.90 Å². The summed E-state index contributed by atoms with van der Waals surface area (Å²) in [5, 5.41) is 6.38. The van der Waals surface area contributed by atoms with Gasteiger partial charge >= 0.3 is 0 Å². The van der Waals surface area contributed by atoms with E-state index < -0.39 is 10.0 Å². The lowest BCUT2D eigenvalue weighted by molar-refractivity contribution is -0.110. The summed E-state index contributed by atoms with van der Waals surface area (Å²) in [6.07, 6.45) is 0. The molecule has 2 aliphatic rings. The number of hydrogen-bond acceptors (Lipinski definition) is 6. The first-order chi connectivity index (χ1) is 17.9. The Morgan fingerprint density at radius 2 is 1.68 bits per heavy atom. The van der Waals surface area contributed by atoms with E-state index in [0.717, 1.165) is 44.1 Å². The van der Waals surface area contributed by atoms with Crippen LogP contribution in [0.4, 0.5) is 17.1 Å². The van der Waals surface area contributed by atoms with Crippen LogP contribution < -0.4 is 15.4 Å². The molecule has 0 radical (unpaired) electrons. The van der Waals surface area contributed by atoms with E-state index in [1.807, 2.05) is 42.5 Å². The van der Waals surface area contributed by atoms with E-state index in [9.17, 15) is 13.2 Å². The van der Waals surface area contributed by atoms with Gasteiger partial charge in [0.15, 0.2) is 0 Å². The number of rotatable bonds is 8. The van der Waals surface area contributed by atoms with Crippen molar-refractivity contribution >= 4 is 44.3 Å². The summed E-state index contributed by atoms with van der Waals surface area (Å²) in [7, 11) is -3.45. The third-order valence-electron chi connectivity index (χ3n) is 6.46. The van der Waals surface area contributed by atoms with E-state index in [1.54, 1.807) is 25.1 Å². The molecule has 0 atom stereocenters. The smallest absolute Gasteiger partial charge is 0.258 e. The fourth-order valence-electron chi connectivity index (χ4n) is 4.47. The van der Waals surface area contributed by atoms with E-state index in [4.69, 9.17) is 4.74 Å². The first-order valence-electron chi connectivity index (χ1n) is 12.3. The van der Waals surface area contributed by atoms with Crippen LogP contribution in [-0.2, 0) is 26.1 Å². The number of carbonyl (C=O) groups excluding carboxylic acids is 1. The van der Waals surface area contributed by atoms with Crippen LogP contribution in [0.2, 0.25) is 0 Å². The summed E-state index contributed by atoms with van der Waals surface area (Å²) in [6.45, 7) is 5.82. The fourth-order valence-corrected chi connectivity index (χ4v) is 5.10. The second-order valence-electron chi connectivity index (χ2n) is 9.05. The monoisotopic (exact) mass is 518 g/mol. The van der Waals surface area contributed by atoms with E-state index in [2.05, 4.69) is 32.4 Å². The van der Waals surface area contributed by atoms with Gasteiger partial charge in [0, 0.05) is 42.3 Å². The van der Waals surface area contributed by atoms with Crippen LogP contribution in [0.5, 0.6) is 0 Å². The van der Waals surface area contributed by atoms with Crippen molar-refractivity contribution in [2.75, 3.05) is 47.4 Å². The van der Waals surface area contributed by atoms with Crippen LogP contribution in [0.15, 0.2) is 72.8 Å². The first kappa shape index (κ1) is 25.0. The van der Waals surface area contributed by atoms with Crippen molar-refractivity contribution in [3.05, 3.63) is 89.5 Å². The molecule has 2 heterocycles. The number of carbonyl (C=O) groups is 1. The zero-order chi connectivity index (χ0) is 25.8. The maximum Gasteiger partial charge on any atom is 0.258 e. The quantitative estimate of drug-likeness (QED) is 0.387. The number of nitrogens with one attached hydrogen (secondary N) is 3. The Morgan fingerprint density at radius 1 is 0.973 bits per heavy atom. The minimum atomic E-state index is -3.45. The normalized spacial score (nSPS) is 17.2. The SMILES string of the molecule is CCS(=O)(=O)Nc1ccc2c(c1)/C(=C(\Nc1ccc(CN3CCOCC3)cc1)c1ccccc1)C(=O)N2. The Kier molecular flexibility index (Phi) is 7.27. The summed E-state index contributed by atoms with van der Waals surface area (Å²) in [6, 6.07) is 22.9. The van der Waals surface area contributed by atoms with Crippen LogP contribution in [0, 0.1) is 0 Å². The minimum Gasteiger partial charge on any atom is -0.379 e. The summed E-state index contributed by atoms with van der Waals surface area (Å²) in [4.78, 5) is 15.6. The van der Waals surface area contributed by atoms with Crippen molar-refractivity contribution in [2.24, 2.45) is 0 Å². The molecule has 2 aliphatic heterocycles. The van der Waals surface area contributed by atoms with Gasteiger partial charge in [-0.3, -0.25) is 14.4 Å². The highest BCUT2D eigenvalue weighted by molar-refractivity contribution is 7.92. The molecule has 0 bridgehead atoms. The van der Waals surface area contributed by atoms with Crippen molar-refractivity contribution in [1.29, 1.82) is 0 Å². The average Bonchev–Trinajstić information content (AvgIpc) is 3.24. The number of ether oxygens (including phenoxy) is 1. The Hall–Kier alpha value is -3.66. The van der Waals surface area contributed by atoms with Crippen molar-refractivity contribution in [3.63, 3.8) is 0 Å². The molecule has 192 valence electrons. The second-order valence-corrected chi connectivity index (χ2v) is 11.1. The maximum atomic E-state index is 13.2. The third kappa shape index (κ3) is 5.85. The number of anilines is 3. The van der Waals surface area contributed by atoms with Gasteiger partial charge in [0.25, 0.3) is 5.91 Å². The van der Waals surface area contributed by atoms with E-state index in [1.165, 1.54) is 5.56 Å². The molecule has 1 amide bonds. The van der Waals surface area contributed by atoms with E-state index in [0.29, 0.717) is 28.2 Å². The summed E-state index contributed by atoms with van der Waals surface area (Å²) < 4.78 is 32.3. The molecule has 0 aromatic heterocycles. The molecule has 0 saturated carbocycles. The van der Waals surface area contributed by atoms with Crippen LogP contribution in [0.25, 0.3) is 11.3 Å². The molecule has 9 heteroatoms. The fraction of sp³-hybridized carbons (Fsp3) is 0.250. The number of amides is 1. The van der Waals surface area contributed by atoms with E-state index in [-0.39, 0.29) is 11.7 Å². The van der Waals surface area contributed by atoms with Gasteiger partial charge in [-0.2, -0.15) is 0 Å². The predicted molar refractivity (Wildman–Crippen MR) is 148 cm³/mol. The summed E-state index contributed by atoms with van der Waals surface area (Å²) >= 11 is 0. The largest absolute Gasteiger partial charge is 0.379 e. The lowest BCUT2D eigenvalue weighted by atomic mass is 9.99. The van der Waals surface area contributed by atoms with Gasteiger partial charge in [0.1, 0.15) is 0 Å². The minimum absolute atomic E-state index is 0.0394. The zero-order valence-electron chi connectivity index (χ0n) is 20.7. The maximum absolute atomic E-state index is 13.2.